The summed E-state index contributed by atoms with van der Waals surface area (Å²) in [6, 6.07) is 16.6. The van der Waals surface area contributed by atoms with Gasteiger partial charge in [0, 0.05) is 36.8 Å². The summed E-state index contributed by atoms with van der Waals surface area (Å²) in [5.41, 5.74) is 3.14. The van der Waals surface area contributed by atoms with E-state index >= 15 is 0 Å². The highest BCUT2D eigenvalue weighted by molar-refractivity contribution is 5.94. The summed E-state index contributed by atoms with van der Waals surface area (Å²) >= 11 is 0. The SMILES string of the molecule is CC(C)(C)OC(=O)N1CCC(C(C(=O)NO)N2CCC(C)(c3ccc(OCc4ccnc5ccccc45)cc3)C2=O)CC1. The summed E-state index contributed by atoms with van der Waals surface area (Å²) in [7, 11) is 0. The van der Waals surface area contributed by atoms with Crippen LogP contribution < -0.4 is 10.2 Å². The molecule has 2 N–H and O–H groups in total. The Morgan fingerprint density at radius 3 is 2.44 bits per heavy atom. The Kier molecular flexibility index (Phi) is 8.59. The largest absolute Gasteiger partial charge is 0.489 e. The van der Waals surface area contributed by atoms with Crippen LogP contribution in [0.15, 0.2) is 60.8 Å². The Bertz CT molecular complexity index is 1470. The van der Waals surface area contributed by atoms with Gasteiger partial charge < -0.3 is 19.3 Å². The minimum absolute atomic E-state index is 0.160. The average Bonchev–Trinajstić information content (AvgIpc) is 3.30. The average molecular weight is 589 g/mol. The fourth-order valence-corrected chi connectivity index (χ4v) is 6.16. The van der Waals surface area contributed by atoms with Crippen molar-refractivity contribution in [3.63, 3.8) is 0 Å². The second-order valence-corrected chi connectivity index (χ2v) is 12.6. The van der Waals surface area contributed by atoms with Gasteiger partial charge >= 0.3 is 6.09 Å². The minimum Gasteiger partial charge on any atom is -0.489 e. The zero-order chi connectivity index (χ0) is 30.8. The van der Waals surface area contributed by atoms with Crippen LogP contribution in [0.2, 0.25) is 0 Å². The van der Waals surface area contributed by atoms with Crippen molar-refractivity contribution in [3.8, 4) is 5.75 Å². The third-order valence-corrected chi connectivity index (χ3v) is 8.56. The Hall–Kier alpha value is -4.18. The Labute approximate surface area is 251 Å². The van der Waals surface area contributed by atoms with Gasteiger partial charge in [0.1, 0.15) is 24.0 Å². The number of benzene rings is 2. The number of para-hydroxylation sites is 1. The van der Waals surface area contributed by atoms with Crippen molar-refractivity contribution in [1.82, 2.24) is 20.3 Å². The first-order valence-electron chi connectivity index (χ1n) is 14.8. The number of nitrogens with one attached hydrogen (secondary N) is 1. The highest BCUT2D eigenvalue weighted by Gasteiger charge is 2.50. The molecule has 5 rings (SSSR count). The molecular weight excluding hydrogens is 548 g/mol. The molecule has 2 fully saturated rings. The molecule has 2 saturated heterocycles. The number of likely N-dealkylation sites (tertiary alicyclic amines) is 2. The molecule has 3 aromatic rings. The number of rotatable bonds is 7. The molecule has 0 saturated carbocycles. The van der Waals surface area contributed by atoms with Crippen molar-refractivity contribution >= 4 is 28.8 Å². The lowest BCUT2D eigenvalue weighted by molar-refractivity contribution is -0.146. The smallest absolute Gasteiger partial charge is 0.410 e. The molecule has 2 aliphatic heterocycles. The van der Waals surface area contributed by atoms with Crippen molar-refractivity contribution in [2.75, 3.05) is 19.6 Å². The number of piperidine rings is 1. The fourth-order valence-electron chi connectivity index (χ4n) is 6.16. The van der Waals surface area contributed by atoms with Gasteiger partial charge in [0.05, 0.1) is 10.9 Å². The van der Waals surface area contributed by atoms with Crippen LogP contribution in [0, 0.1) is 5.92 Å². The Morgan fingerprint density at radius 2 is 1.77 bits per heavy atom. The first-order chi connectivity index (χ1) is 20.5. The van der Waals surface area contributed by atoms with Gasteiger partial charge in [-0.2, -0.15) is 0 Å². The summed E-state index contributed by atoms with van der Waals surface area (Å²) in [6.45, 7) is 8.94. The van der Waals surface area contributed by atoms with Gasteiger partial charge in [0.25, 0.3) is 5.91 Å². The van der Waals surface area contributed by atoms with E-state index in [1.807, 2.05) is 82.3 Å². The molecule has 0 bridgehead atoms. The Balaban J connectivity index is 1.25. The number of hydrogen-bond acceptors (Lipinski definition) is 7. The fraction of sp³-hybridized carbons (Fsp3) is 0.455. The van der Waals surface area contributed by atoms with Crippen LogP contribution in [0.25, 0.3) is 10.9 Å². The number of carbonyl (C=O) groups excluding carboxylic acids is 3. The van der Waals surface area contributed by atoms with Gasteiger partial charge in [-0.3, -0.25) is 19.8 Å². The number of hydrogen-bond donors (Lipinski definition) is 2. The number of amides is 3. The summed E-state index contributed by atoms with van der Waals surface area (Å²) in [6.07, 6.45) is 2.94. The number of ether oxygens (including phenoxy) is 2. The number of aromatic nitrogens is 1. The zero-order valence-electron chi connectivity index (χ0n) is 25.2. The van der Waals surface area contributed by atoms with Gasteiger partial charge in [-0.25, -0.2) is 10.3 Å². The standard InChI is InChI=1S/C33H40N4O6/c1-32(2,3)43-31(40)36-18-14-22(15-19-36)28(29(38)35-41)37-20-16-33(4,30(37)39)24-9-11-25(12-10-24)42-21-23-13-17-34-27-8-6-5-7-26(23)27/h5-13,17,22,28,41H,14-16,18-21H2,1-4H3,(H,35,38). The molecule has 2 unspecified atom stereocenters. The second kappa shape index (κ2) is 12.2. The molecule has 0 spiro atoms. The minimum atomic E-state index is -0.835. The van der Waals surface area contributed by atoms with Gasteiger partial charge in [-0.15, -0.1) is 0 Å². The van der Waals surface area contributed by atoms with Gasteiger partial charge in [-0.05, 0) is 82.7 Å². The van der Waals surface area contributed by atoms with E-state index in [2.05, 4.69) is 4.98 Å². The number of fused-ring (bicyclic) bond motifs is 1. The van der Waals surface area contributed by atoms with Crippen molar-refractivity contribution in [2.24, 2.45) is 5.92 Å². The summed E-state index contributed by atoms with van der Waals surface area (Å²) in [4.78, 5) is 47.0. The molecule has 2 aliphatic rings. The lowest BCUT2D eigenvalue weighted by Crippen LogP contribution is -2.55. The Morgan fingerprint density at radius 1 is 1.07 bits per heavy atom. The van der Waals surface area contributed by atoms with Crippen LogP contribution >= 0.6 is 0 Å². The summed E-state index contributed by atoms with van der Waals surface area (Å²) < 4.78 is 11.6. The number of hydroxylamine groups is 1. The topological polar surface area (TPSA) is 121 Å². The lowest BCUT2D eigenvalue weighted by atomic mass is 9.80. The molecule has 10 heteroatoms. The third-order valence-electron chi connectivity index (χ3n) is 8.56. The van der Waals surface area contributed by atoms with Crippen LogP contribution in [0.1, 0.15) is 58.1 Å². The summed E-state index contributed by atoms with van der Waals surface area (Å²) in [5.74, 6) is -0.296. The summed E-state index contributed by atoms with van der Waals surface area (Å²) in [5, 5.41) is 10.6. The van der Waals surface area contributed by atoms with Crippen molar-refractivity contribution in [3.05, 3.63) is 71.9 Å². The monoisotopic (exact) mass is 588 g/mol. The van der Waals surface area contributed by atoms with E-state index in [-0.39, 0.29) is 17.9 Å². The first kappa shape index (κ1) is 30.3. The van der Waals surface area contributed by atoms with E-state index in [0.29, 0.717) is 51.3 Å². The van der Waals surface area contributed by atoms with Gasteiger partial charge in [0.15, 0.2) is 0 Å². The molecule has 0 radical (unpaired) electrons. The molecular formula is C33H40N4O6. The third kappa shape index (κ3) is 6.44. The molecule has 3 amide bonds. The van der Waals surface area contributed by atoms with Crippen molar-refractivity contribution < 1.29 is 29.1 Å². The van der Waals surface area contributed by atoms with Gasteiger partial charge in [0.2, 0.25) is 5.91 Å². The van der Waals surface area contributed by atoms with Crippen molar-refractivity contribution in [1.29, 1.82) is 0 Å². The molecule has 10 nitrogen and oxygen atoms in total. The maximum Gasteiger partial charge on any atom is 0.410 e. The molecule has 43 heavy (non-hydrogen) atoms. The molecule has 2 atom stereocenters. The van der Waals surface area contributed by atoms with Crippen LogP contribution in [0.5, 0.6) is 5.75 Å². The maximum atomic E-state index is 13.9. The predicted octanol–water partition coefficient (Wildman–Crippen LogP) is 4.82. The highest BCUT2D eigenvalue weighted by Crippen LogP contribution is 2.39. The molecule has 3 heterocycles. The van der Waals surface area contributed by atoms with E-state index in [4.69, 9.17) is 9.47 Å². The van der Waals surface area contributed by atoms with Gasteiger partial charge in [-0.1, -0.05) is 30.3 Å². The van der Waals surface area contributed by atoms with Crippen LogP contribution in [-0.2, 0) is 26.3 Å². The number of carbonyl (C=O) groups is 3. The maximum absolute atomic E-state index is 13.9. The molecule has 2 aromatic carbocycles. The quantitative estimate of drug-likeness (QED) is 0.300. The van der Waals surface area contributed by atoms with E-state index in [1.165, 1.54) is 0 Å². The number of pyridine rings is 1. The van der Waals surface area contributed by atoms with E-state index < -0.39 is 23.0 Å². The normalized spacial score (nSPS) is 20.3. The van der Waals surface area contributed by atoms with Crippen LogP contribution in [0.3, 0.4) is 0 Å². The lowest BCUT2D eigenvalue weighted by Gasteiger charge is -2.39. The highest BCUT2D eigenvalue weighted by atomic mass is 16.6. The number of nitrogens with zero attached hydrogens (tertiary/aromatic N) is 3. The van der Waals surface area contributed by atoms with E-state index in [1.54, 1.807) is 21.5 Å². The van der Waals surface area contributed by atoms with Crippen molar-refractivity contribution in [2.45, 2.75) is 70.6 Å². The first-order valence-corrected chi connectivity index (χ1v) is 14.8. The van der Waals surface area contributed by atoms with Crippen LogP contribution in [0.4, 0.5) is 4.79 Å². The van der Waals surface area contributed by atoms with E-state index in [9.17, 15) is 19.6 Å². The zero-order valence-corrected chi connectivity index (χ0v) is 25.2. The second-order valence-electron chi connectivity index (χ2n) is 12.6. The van der Waals surface area contributed by atoms with E-state index in [0.717, 1.165) is 22.0 Å². The molecule has 0 aliphatic carbocycles. The predicted molar refractivity (Wildman–Crippen MR) is 160 cm³/mol. The van der Waals surface area contributed by atoms with Crippen LogP contribution in [-0.4, -0.2) is 69.2 Å². The molecule has 1 aromatic heterocycles. The molecule has 228 valence electrons.